The van der Waals surface area contributed by atoms with E-state index in [1.54, 1.807) is 49.2 Å². The van der Waals surface area contributed by atoms with Crippen LogP contribution in [0.2, 0.25) is 0 Å². The number of nitrogens with one attached hydrogen (secondary N) is 2. The molecule has 2 aromatic carbocycles. The van der Waals surface area contributed by atoms with Crippen LogP contribution in [0.15, 0.2) is 52.3 Å². The van der Waals surface area contributed by atoms with Crippen molar-refractivity contribution in [3.05, 3.63) is 48.0 Å². The highest BCUT2D eigenvalue weighted by Gasteiger charge is 2.22. The number of thioether (sulfide) groups is 1. The SMILES string of the molecule is COc1cccc(CNS(=O)(=O)c2ccc3c(c2)NC(=O)C(C)CS3)c1. The molecule has 1 aliphatic rings. The maximum atomic E-state index is 12.6. The van der Waals surface area contributed by atoms with Crippen LogP contribution in [0.5, 0.6) is 5.75 Å². The summed E-state index contributed by atoms with van der Waals surface area (Å²) in [6.07, 6.45) is 0. The first-order valence-corrected chi connectivity index (χ1v) is 10.6. The smallest absolute Gasteiger partial charge is 0.240 e. The molecule has 0 aromatic heterocycles. The molecule has 2 aromatic rings. The van der Waals surface area contributed by atoms with Gasteiger partial charge in [0.1, 0.15) is 5.75 Å². The third-order valence-corrected chi connectivity index (χ3v) is 6.79. The van der Waals surface area contributed by atoms with E-state index >= 15 is 0 Å². The Morgan fingerprint density at radius 3 is 2.85 bits per heavy atom. The number of carbonyl (C=O) groups excluding carboxylic acids is 1. The lowest BCUT2D eigenvalue weighted by atomic mass is 10.2. The van der Waals surface area contributed by atoms with E-state index < -0.39 is 10.0 Å². The predicted molar refractivity (Wildman–Crippen MR) is 102 cm³/mol. The van der Waals surface area contributed by atoms with Gasteiger partial charge in [-0.25, -0.2) is 13.1 Å². The van der Waals surface area contributed by atoms with Gasteiger partial charge in [0.2, 0.25) is 15.9 Å². The number of carbonyl (C=O) groups is 1. The number of sulfonamides is 1. The van der Waals surface area contributed by atoms with Crippen molar-refractivity contribution in [1.82, 2.24) is 4.72 Å². The van der Waals surface area contributed by atoms with Crippen molar-refractivity contribution < 1.29 is 17.9 Å². The van der Waals surface area contributed by atoms with Crippen molar-refractivity contribution in [2.75, 3.05) is 18.2 Å². The number of methoxy groups -OCH3 is 1. The maximum Gasteiger partial charge on any atom is 0.240 e. The molecule has 0 spiro atoms. The van der Waals surface area contributed by atoms with Gasteiger partial charge in [-0.3, -0.25) is 4.79 Å². The highest BCUT2D eigenvalue weighted by atomic mass is 32.2. The summed E-state index contributed by atoms with van der Waals surface area (Å²) >= 11 is 1.54. The van der Waals surface area contributed by atoms with Crippen molar-refractivity contribution in [1.29, 1.82) is 0 Å². The molecule has 2 N–H and O–H groups in total. The largest absolute Gasteiger partial charge is 0.497 e. The van der Waals surface area contributed by atoms with E-state index in [0.717, 1.165) is 10.5 Å². The molecule has 0 saturated heterocycles. The van der Waals surface area contributed by atoms with Crippen LogP contribution in [-0.2, 0) is 21.4 Å². The summed E-state index contributed by atoms with van der Waals surface area (Å²) < 4.78 is 33.0. The first kappa shape index (κ1) is 18.8. The minimum Gasteiger partial charge on any atom is -0.497 e. The Morgan fingerprint density at radius 1 is 1.27 bits per heavy atom. The van der Waals surface area contributed by atoms with Crippen LogP contribution in [0.25, 0.3) is 0 Å². The molecule has 1 heterocycles. The van der Waals surface area contributed by atoms with Gasteiger partial charge < -0.3 is 10.1 Å². The summed E-state index contributed by atoms with van der Waals surface area (Å²) in [4.78, 5) is 13.0. The number of ether oxygens (including phenoxy) is 1. The second kappa shape index (κ2) is 7.69. The Bertz CT molecular complexity index is 929. The number of amides is 1. The summed E-state index contributed by atoms with van der Waals surface area (Å²) in [6.45, 7) is 2.00. The minimum absolute atomic E-state index is 0.102. The third kappa shape index (κ3) is 4.20. The monoisotopic (exact) mass is 392 g/mol. The van der Waals surface area contributed by atoms with E-state index in [9.17, 15) is 13.2 Å². The van der Waals surface area contributed by atoms with Crippen LogP contribution < -0.4 is 14.8 Å². The van der Waals surface area contributed by atoms with Crippen LogP contribution >= 0.6 is 11.8 Å². The molecular weight excluding hydrogens is 372 g/mol. The number of fused-ring (bicyclic) bond motifs is 1. The number of benzene rings is 2. The average Bonchev–Trinajstić information content (AvgIpc) is 2.78. The predicted octanol–water partition coefficient (Wildman–Crippen LogP) is 2.85. The van der Waals surface area contributed by atoms with E-state index in [1.807, 2.05) is 13.0 Å². The third-order valence-electron chi connectivity index (χ3n) is 4.06. The summed E-state index contributed by atoms with van der Waals surface area (Å²) in [7, 11) is -2.14. The van der Waals surface area contributed by atoms with Crippen molar-refractivity contribution in [3.8, 4) is 5.75 Å². The first-order valence-electron chi connectivity index (χ1n) is 8.09. The summed E-state index contributed by atoms with van der Waals surface area (Å²) in [5, 5.41) is 2.80. The topological polar surface area (TPSA) is 84.5 Å². The Kier molecular flexibility index (Phi) is 5.55. The molecule has 8 heteroatoms. The molecule has 0 fully saturated rings. The highest BCUT2D eigenvalue weighted by Crippen LogP contribution is 2.34. The molecule has 1 unspecified atom stereocenters. The first-order chi connectivity index (χ1) is 12.4. The molecule has 138 valence electrons. The Labute approximate surface area is 157 Å². The number of rotatable bonds is 5. The maximum absolute atomic E-state index is 12.6. The molecule has 0 saturated carbocycles. The molecule has 26 heavy (non-hydrogen) atoms. The molecule has 0 bridgehead atoms. The lowest BCUT2D eigenvalue weighted by Crippen LogP contribution is -2.24. The van der Waals surface area contributed by atoms with E-state index in [1.165, 1.54) is 6.07 Å². The van der Waals surface area contributed by atoms with E-state index in [0.29, 0.717) is 17.2 Å². The van der Waals surface area contributed by atoms with Crippen LogP contribution in [0.3, 0.4) is 0 Å². The van der Waals surface area contributed by atoms with Gasteiger partial charge in [-0.15, -0.1) is 11.8 Å². The van der Waals surface area contributed by atoms with Gasteiger partial charge in [-0.1, -0.05) is 19.1 Å². The minimum atomic E-state index is -3.71. The van der Waals surface area contributed by atoms with Gasteiger partial charge in [0.05, 0.1) is 17.7 Å². The zero-order valence-electron chi connectivity index (χ0n) is 14.5. The molecule has 1 aliphatic heterocycles. The molecule has 1 atom stereocenters. The molecule has 6 nitrogen and oxygen atoms in total. The molecule has 1 amide bonds. The zero-order valence-corrected chi connectivity index (χ0v) is 16.1. The second-order valence-corrected chi connectivity index (χ2v) is 8.86. The molecule has 3 rings (SSSR count). The highest BCUT2D eigenvalue weighted by molar-refractivity contribution is 7.99. The normalized spacial score (nSPS) is 17.2. The van der Waals surface area contributed by atoms with Crippen LogP contribution in [0, 0.1) is 5.92 Å². The van der Waals surface area contributed by atoms with Crippen LogP contribution in [-0.4, -0.2) is 27.2 Å². The van der Waals surface area contributed by atoms with Gasteiger partial charge in [0.15, 0.2) is 0 Å². The van der Waals surface area contributed by atoms with Crippen molar-refractivity contribution in [3.63, 3.8) is 0 Å². The second-order valence-electron chi connectivity index (χ2n) is 6.04. The number of hydrogen-bond acceptors (Lipinski definition) is 5. The summed E-state index contributed by atoms with van der Waals surface area (Å²) in [5.41, 5.74) is 1.33. The number of hydrogen-bond donors (Lipinski definition) is 2. The van der Waals surface area contributed by atoms with Gasteiger partial charge in [0.25, 0.3) is 0 Å². The fraction of sp³-hybridized carbons (Fsp3) is 0.278. The van der Waals surface area contributed by atoms with Crippen LogP contribution in [0.1, 0.15) is 12.5 Å². The lowest BCUT2D eigenvalue weighted by molar-refractivity contribution is -0.118. The standard InChI is InChI=1S/C18H20N2O4S2/c1-12-11-25-17-7-6-15(9-16(17)20-18(12)21)26(22,23)19-10-13-4-3-5-14(8-13)24-2/h3-9,12,19H,10-11H2,1-2H3,(H,20,21). The fourth-order valence-electron chi connectivity index (χ4n) is 2.49. The van der Waals surface area contributed by atoms with E-state index in [-0.39, 0.29) is 23.3 Å². The Morgan fingerprint density at radius 2 is 2.08 bits per heavy atom. The molecule has 0 radical (unpaired) electrons. The van der Waals surface area contributed by atoms with Gasteiger partial charge in [0, 0.05) is 23.1 Å². The summed E-state index contributed by atoms with van der Waals surface area (Å²) in [6, 6.07) is 12.0. The summed E-state index contributed by atoms with van der Waals surface area (Å²) in [5.74, 6) is 1.10. The lowest BCUT2D eigenvalue weighted by Gasteiger charge is -2.11. The van der Waals surface area contributed by atoms with E-state index in [4.69, 9.17) is 4.74 Å². The molecular formula is C18H20N2O4S2. The van der Waals surface area contributed by atoms with Crippen LogP contribution in [0.4, 0.5) is 5.69 Å². The van der Waals surface area contributed by atoms with Gasteiger partial charge in [-0.2, -0.15) is 0 Å². The zero-order chi connectivity index (χ0) is 18.7. The Balaban J connectivity index is 1.79. The van der Waals surface area contributed by atoms with Crippen molar-refractivity contribution in [2.24, 2.45) is 5.92 Å². The van der Waals surface area contributed by atoms with Gasteiger partial charge >= 0.3 is 0 Å². The quantitative estimate of drug-likeness (QED) is 0.817. The van der Waals surface area contributed by atoms with Crippen molar-refractivity contribution >= 4 is 33.4 Å². The molecule has 0 aliphatic carbocycles. The average molecular weight is 393 g/mol. The van der Waals surface area contributed by atoms with Gasteiger partial charge in [-0.05, 0) is 35.9 Å². The number of anilines is 1. The Hall–Kier alpha value is -2.03. The van der Waals surface area contributed by atoms with Crippen molar-refractivity contribution in [2.45, 2.75) is 23.3 Å². The van der Waals surface area contributed by atoms with E-state index in [2.05, 4.69) is 10.0 Å². The fourth-order valence-corrected chi connectivity index (χ4v) is 4.54.